The number of hydrogen-bond donors (Lipinski definition) is 0. The fourth-order valence-electron chi connectivity index (χ4n) is 3.58. The minimum Gasteiger partial charge on any atom is -0.455 e. The smallest absolute Gasteiger partial charge is 0.338 e. The number of carbonyl (C=O) groups excluding carboxylic acids is 1. The van der Waals surface area contributed by atoms with E-state index in [0.717, 1.165) is 10.4 Å². The summed E-state index contributed by atoms with van der Waals surface area (Å²) < 4.78 is 38.6. The first-order valence-corrected chi connectivity index (χ1v) is 12.2. The Labute approximate surface area is 189 Å². The predicted octanol–water partition coefficient (Wildman–Crippen LogP) is 4.51. The van der Waals surface area contributed by atoms with Gasteiger partial charge >= 0.3 is 5.97 Å². The highest BCUT2D eigenvalue weighted by atomic mass is 32.2. The third-order valence-electron chi connectivity index (χ3n) is 5.14. The summed E-state index contributed by atoms with van der Waals surface area (Å²) >= 11 is 1.50. The molecule has 9 heteroatoms. The number of rotatable bonds is 6. The van der Waals surface area contributed by atoms with Crippen molar-refractivity contribution in [2.75, 3.05) is 10.8 Å². The minimum absolute atomic E-state index is 0.0464. The van der Waals surface area contributed by atoms with Crippen LogP contribution in [0.4, 0.5) is 5.69 Å². The van der Waals surface area contributed by atoms with Gasteiger partial charge in [-0.25, -0.2) is 18.2 Å². The molecule has 32 heavy (non-hydrogen) atoms. The summed E-state index contributed by atoms with van der Waals surface area (Å²) in [6, 6.07) is 17.1. The van der Waals surface area contributed by atoms with Crippen molar-refractivity contribution in [1.82, 2.24) is 4.98 Å². The standard InChI is InChI=1S/C23H18N2O5S2/c26-23(30-15-18-14-29-22(24-18)21-9-4-12-31-21)17-6-3-7-19(13-17)32(27,28)25-11-10-16-5-1-2-8-20(16)25/h1-9,12-14H,10-11,15H2. The van der Waals surface area contributed by atoms with Gasteiger partial charge in [0.1, 0.15) is 18.6 Å². The second-order valence-electron chi connectivity index (χ2n) is 7.18. The monoisotopic (exact) mass is 466 g/mol. The molecule has 3 heterocycles. The number of fused-ring (bicyclic) bond motifs is 1. The van der Waals surface area contributed by atoms with Crippen molar-refractivity contribution < 1.29 is 22.4 Å². The lowest BCUT2D eigenvalue weighted by Gasteiger charge is -2.19. The van der Waals surface area contributed by atoms with Gasteiger partial charge in [0.2, 0.25) is 5.89 Å². The summed E-state index contributed by atoms with van der Waals surface area (Å²) in [5.41, 5.74) is 2.29. The zero-order valence-corrected chi connectivity index (χ0v) is 18.4. The van der Waals surface area contributed by atoms with Crippen LogP contribution in [-0.4, -0.2) is 25.9 Å². The molecule has 0 atom stereocenters. The summed E-state index contributed by atoms with van der Waals surface area (Å²) in [4.78, 5) is 17.8. The average Bonchev–Trinajstić information content (AvgIpc) is 3.58. The van der Waals surface area contributed by atoms with Crippen molar-refractivity contribution in [3.8, 4) is 10.8 Å². The van der Waals surface area contributed by atoms with Crippen molar-refractivity contribution >= 4 is 33.0 Å². The number of esters is 1. The van der Waals surface area contributed by atoms with Gasteiger partial charge < -0.3 is 9.15 Å². The van der Waals surface area contributed by atoms with E-state index in [0.29, 0.717) is 30.2 Å². The zero-order valence-electron chi connectivity index (χ0n) is 16.8. The van der Waals surface area contributed by atoms with Crippen LogP contribution in [0, 0.1) is 0 Å². The second kappa shape index (κ2) is 8.25. The van der Waals surface area contributed by atoms with Crippen LogP contribution in [0.2, 0.25) is 0 Å². The van der Waals surface area contributed by atoms with E-state index in [1.54, 1.807) is 6.07 Å². The van der Waals surface area contributed by atoms with Crippen molar-refractivity contribution in [3.05, 3.63) is 89.1 Å². The lowest BCUT2D eigenvalue weighted by Crippen LogP contribution is -2.29. The van der Waals surface area contributed by atoms with Crippen LogP contribution in [0.25, 0.3) is 10.8 Å². The molecular formula is C23H18N2O5S2. The van der Waals surface area contributed by atoms with Gasteiger partial charge in [-0.15, -0.1) is 11.3 Å². The molecule has 0 N–H and O–H groups in total. The number of thiophene rings is 1. The number of hydrogen-bond acceptors (Lipinski definition) is 7. The molecule has 1 aliphatic heterocycles. The maximum absolute atomic E-state index is 13.2. The van der Waals surface area contributed by atoms with E-state index in [1.807, 2.05) is 35.7 Å². The number of benzene rings is 2. The fourth-order valence-corrected chi connectivity index (χ4v) is 5.78. The van der Waals surface area contributed by atoms with Crippen LogP contribution in [0.15, 0.2) is 81.6 Å². The Morgan fingerprint density at radius 2 is 2.00 bits per heavy atom. The van der Waals surface area contributed by atoms with E-state index in [-0.39, 0.29) is 17.1 Å². The first-order chi connectivity index (χ1) is 15.5. The molecule has 0 saturated carbocycles. The largest absolute Gasteiger partial charge is 0.455 e. The molecule has 162 valence electrons. The van der Waals surface area contributed by atoms with E-state index in [2.05, 4.69) is 4.98 Å². The Morgan fingerprint density at radius 3 is 2.84 bits per heavy atom. The first-order valence-electron chi connectivity index (χ1n) is 9.88. The molecule has 4 aromatic rings. The highest BCUT2D eigenvalue weighted by Gasteiger charge is 2.31. The van der Waals surface area contributed by atoms with E-state index >= 15 is 0 Å². The SMILES string of the molecule is O=C(OCc1coc(-c2cccs2)n1)c1cccc(S(=O)(=O)N2CCc3ccccc32)c1. The maximum Gasteiger partial charge on any atom is 0.338 e. The fraction of sp³-hybridized carbons (Fsp3) is 0.130. The molecule has 0 saturated heterocycles. The first kappa shape index (κ1) is 20.5. The van der Waals surface area contributed by atoms with Crippen molar-refractivity contribution in [2.24, 2.45) is 0 Å². The Balaban J connectivity index is 1.31. The second-order valence-corrected chi connectivity index (χ2v) is 9.99. The number of sulfonamides is 1. The Morgan fingerprint density at radius 1 is 1.12 bits per heavy atom. The number of para-hydroxylation sites is 1. The lowest BCUT2D eigenvalue weighted by molar-refractivity contribution is 0.0467. The molecule has 5 rings (SSSR count). The molecule has 2 aromatic heterocycles. The predicted molar refractivity (Wildman–Crippen MR) is 120 cm³/mol. The Hall–Kier alpha value is -3.43. The number of carbonyl (C=O) groups is 1. The molecule has 0 bridgehead atoms. The molecule has 1 aliphatic rings. The molecule has 0 unspecified atom stereocenters. The molecule has 0 aliphatic carbocycles. The van der Waals surface area contributed by atoms with Crippen LogP contribution in [-0.2, 0) is 27.8 Å². The van der Waals surface area contributed by atoms with Gasteiger partial charge in [0, 0.05) is 6.54 Å². The van der Waals surface area contributed by atoms with Crippen LogP contribution >= 0.6 is 11.3 Å². The molecule has 2 aromatic carbocycles. The Bertz CT molecular complexity index is 1380. The third kappa shape index (κ3) is 3.80. The van der Waals surface area contributed by atoms with Gasteiger partial charge in [-0.3, -0.25) is 4.31 Å². The molecule has 0 radical (unpaired) electrons. The lowest BCUT2D eigenvalue weighted by atomic mass is 10.2. The van der Waals surface area contributed by atoms with Gasteiger partial charge in [0.25, 0.3) is 10.0 Å². The van der Waals surface area contributed by atoms with Gasteiger partial charge in [-0.1, -0.05) is 30.3 Å². The summed E-state index contributed by atoms with van der Waals surface area (Å²) in [6.07, 6.45) is 2.09. The average molecular weight is 467 g/mol. The Kier molecular flexibility index (Phi) is 5.28. The van der Waals surface area contributed by atoms with Gasteiger partial charge in [0.05, 0.1) is 21.0 Å². The highest BCUT2D eigenvalue weighted by molar-refractivity contribution is 7.92. The maximum atomic E-state index is 13.2. The third-order valence-corrected chi connectivity index (χ3v) is 7.80. The van der Waals surface area contributed by atoms with Crippen LogP contribution in [0.1, 0.15) is 21.6 Å². The van der Waals surface area contributed by atoms with Gasteiger partial charge in [0.15, 0.2) is 0 Å². The summed E-state index contributed by atoms with van der Waals surface area (Å²) in [5, 5.41) is 1.92. The zero-order chi connectivity index (χ0) is 22.1. The molecule has 0 spiro atoms. The summed E-state index contributed by atoms with van der Waals surface area (Å²) in [5.74, 6) is -0.172. The van der Waals surface area contributed by atoms with E-state index in [9.17, 15) is 13.2 Å². The number of nitrogens with zero attached hydrogens (tertiary/aromatic N) is 2. The minimum atomic E-state index is -3.80. The van der Waals surface area contributed by atoms with Crippen molar-refractivity contribution in [3.63, 3.8) is 0 Å². The highest BCUT2D eigenvalue weighted by Crippen LogP contribution is 2.33. The van der Waals surface area contributed by atoms with Crippen LogP contribution < -0.4 is 4.31 Å². The quantitative estimate of drug-likeness (QED) is 0.389. The van der Waals surface area contributed by atoms with E-state index in [1.165, 1.54) is 46.2 Å². The van der Waals surface area contributed by atoms with Crippen LogP contribution in [0.5, 0.6) is 0 Å². The normalized spacial score (nSPS) is 13.2. The molecule has 7 nitrogen and oxygen atoms in total. The van der Waals surface area contributed by atoms with Crippen molar-refractivity contribution in [2.45, 2.75) is 17.9 Å². The topological polar surface area (TPSA) is 89.7 Å². The number of ether oxygens (including phenoxy) is 1. The summed E-state index contributed by atoms with van der Waals surface area (Å²) in [6.45, 7) is 0.291. The molecule has 0 fully saturated rings. The van der Waals surface area contributed by atoms with E-state index in [4.69, 9.17) is 9.15 Å². The van der Waals surface area contributed by atoms with E-state index < -0.39 is 16.0 Å². The van der Waals surface area contributed by atoms with Gasteiger partial charge in [-0.2, -0.15) is 0 Å². The van der Waals surface area contributed by atoms with Gasteiger partial charge in [-0.05, 0) is 47.7 Å². The molecule has 0 amide bonds. The number of anilines is 1. The summed E-state index contributed by atoms with van der Waals surface area (Å²) in [7, 11) is -3.80. The number of oxazole rings is 1. The number of aromatic nitrogens is 1. The van der Waals surface area contributed by atoms with Crippen LogP contribution in [0.3, 0.4) is 0 Å². The molecular weight excluding hydrogens is 448 g/mol. The van der Waals surface area contributed by atoms with Crippen molar-refractivity contribution in [1.29, 1.82) is 0 Å².